The Hall–Kier alpha value is -2.40. The first-order valence-corrected chi connectivity index (χ1v) is 6.86. The van der Waals surface area contributed by atoms with Gasteiger partial charge in [-0.05, 0) is 30.2 Å². The highest BCUT2D eigenvalue weighted by Crippen LogP contribution is 2.27. The van der Waals surface area contributed by atoms with Crippen molar-refractivity contribution in [2.24, 2.45) is 0 Å². The third kappa shape index (κ3) is 2.73. The van der Waals surface area contributed by atoms with Crippen molar-refractivity contribution in [3.05, 3.63) is 48.3 Å². The summed E-state index contributed by atoms with van der Waals surface area (Å²) in [6.07, 6.45) is 3.57. The van der Waals surface area contributed by atoms with E-state index >= 15 is 0 Å². The number of aliphatic hydroxyl groups is 1. The third-order valence-corrected chi connectivity index (χ3v) is 3.76. The maximum absolute atomic E-state index is 11.2. The number of carboxylic acids is 1. The fourth-order valence-corrected chi connectivity index (χ4v) is 2.64. The van der Waals surface area contributed by atoms with Gasteiger partial charge in [0.25, 0.3) is 0 Å². The summed E-state index contributed by atoms with van der Waals surface area (Å²) in [6, 6.07) is 9.19. The topological polar surface area (TPSA) is 73.7 Å². The number of aromatic carboxylic acids is 1. The average Bonchev–Trinajstić information content (AvgIpc) is 2.94. The molecule has 2 heterocycles. The van der Waals surface area contributed by atoms with E-state index in [0.29, 0.717) is 12.1 Å². The Morgan fingerprint density at radius 2 is 2.00 bits per heavy atom. The van der Waals surface area contributed by atoms with Crippen LogP contribution in [0.25, 0.3) is 11.1 Å². The number of anilines is 1. The van der Waals surface area contributed by atoms with E-state index in [1.54, 1.807) is 6.20 Å². The van der Waals surface area contributed by atoms with E-state index in [-0.39, 0.29) is 11.7 Å². The summed E-state index contributed by atoms with van der Waals surface area (Å²) < 4.78 is 0. The molecule has 1 aromatic heterocycles. The number of β-amino-alcohol motifs (C(OH)–C–C–N with tert-alkyl or cyclic N) is 1. The molecule has 1 aromatic carbocycles. The standard InChI is InChI=1S/C16H16N2O3/c19-13-6-8-18(10-13)12-3-1-11(2-4-12)15-9-17-7-5-14(15)16(20)21/h1-5,7,9,13,19H,6,8,10H2,(H,20,21). The molecule has 1 aliphatic rings. The molecule has 21 heavy (non-hydrogen) atoms. The summed E-state index contributed by atoms with van der Waals surface area (Å²) in [5.74, 6) is -0.959. The van der Waals surface area contributed by atoms with Crippen LogP contribution in [0.3, 0.4) is 0 Å². The predicted octanol–water partition coefficient (Wildman–Crippen LogP) is 2.02. The first kappa shape index (κ1) is 13.6. The van der Waals surface area contributed by atoms with Gasteiger partial charge in [-0.25, -0.2) is 4.79 Å². The van der Waals surface area contributed by atoms with Gasteiger partial charge in [0, 0.05) is 36.7 Å². The highest BCUT2D eigenvalue weighted by molar-refractivity contribution is 5.95. The summed E-state index contributed by atoms with van der Waals surface area (Å²) in [6.45, 7) is 1.49. The quantitative estimate of drug-likeness (QED) is 0.902. The molecule has 1 atom stereocenters. The Balaban J connectivity index is 1.89. The number of benzene rings is 1. The van der Waals surface area contributed by atoms with E-state index in [1.807, 2.05) is 24.3 Å². The smallest absolute Gasteiger partial charge is 0.336 e. The molecule has 2 N–H and O–H groups in total. The lowest BCUT2D eigenvalue weighted by Gasteiger charge is -2.18. The lowest BCUT2D eigenvalue weighted by molar-refractivity contribution is 0.0697. The summed E-state index contributed by atoms with van der Waals surface area (Å²) in [5.41, 5.74) is 2.72. The van der Waals surface area contributed by atoms with Crippen molar-refractivity contribution < 1.29 is 15.0 Å². The molecule has 3 rings (SSSR count). The van der Waals surface area contributed by atoms with E-state index < -0.39 is 5.97 Å². The minimum absolute atomic E-state index is 0.245. The van der Waals surface area contributed by atoms with E-state index in [9.17, 15) is 15.0 Å². The molecule has 1 saturated heterocycles. The monoisotopic (exact) mass is 284 g/mol. The van der Waals surface area contributed by atoms with Crippen LogP contribution >= 0.6 is 0 Å². The van der Waals surface area contributed by atoms with E-state index in [2.05, 4.69) is 9.88 Å². The summed E-state index contributed by atoms with van der Waals surface area (Å²) in [5, 5.41) is 18.8. The fourth-order valence-electron chi connectivity index (χ4n) is 2.64. The summed E-state index contributed by atoms with van der Waals surface area (Å²) in [7, 11) is 0. The second kappa shape index (κ2) is 5.54. The number of aliphatic hydroxyl groups excluding tert-OH is 1. The van der Waals surface area contributed by atoms with Gasteiger partial charge in [0.05, 0.1) is 11.7 Å². The van der Waals surface area contributed by atoms with Crippen LogP contribution in [-0.4, -0.2) is 40.4 Å². The van der Waals surface area contributed by atoms with Gasteiger partial charge in [-0.15, -0.1) is 0 Å². The molecular formula is C16H16N2O3. The van der Waals surface area contributed by atoms with Crippen molar-refractivity contribution in [2.45, 2.75) is 12.5 Å². The van der Waals surface area contributed by atoms with E-state index in [0.717, 1.165) is 24.2 Å². The lowest BCUT2D eigenvalue weighted by Crippen LogP contribution is -2.20. The second-order valence-electron chi connectivity index (χ2n) is 5.16. The van der Waals surface area contributed by atoms with Gasteiger partial charge >= 0.3 is 5.97 Å². The maximum atomic E-state index is 11.2. The van der Waals surface area contributed by atoms with Gasteiger partial charge in [0.2, 0.25) is 0 Å². The predicted molar refractivity (Wildman–Crippen MR) is 79.5 cm³/mol. The number of rotatable bonds is 3. The zero-order chi connectivity index (χ0) is 14.8. The Morgan fingerprint density at radius 1 is 1.24 bits per heavy atom. The molecular weight excluding hydrogens is 268 g/mol. The first-order chi connectivity index (χ1) is 10.1. The van der Waals surface area contributed by atoms with Gasteiger partial charge in [-0.1, -0.05) is 12.1 Å². The van der Waals surface area contributed by atoms with Crippen LogP contribution in [-0.2, 0) is 0 Å². The number of hydrogen-bond donors (Lipinski definition) is 2. The first-order valence-electron chi connectivity index (χ1n) is 6.86. The van der Waals surface area contributed by atoms with Gasteiger partial charge < -0.3 is 15.1 Å². The van der Waals surface area contributed by atoms with Gasteiger partial charge in [-0.2, -0.15) is 0 Å². The Bertz CT molecular complexity index is 655. The van der Waals surface area contributed by atoms with Crippen molar-refractivity contribution in [3.8, 4) is 11.1 Å². The Morgan fingerprint density at radius 3 is 2.62 bits per heavy atom. The van der Waals surface area contributed by atoms with E-state index in [4.69, 9.17) is 0 Å². The van der Waals surface area contributed by atoms with Gasteiger partial charge in [-0.3, -0.25) is 4.98 Å². The number of carboxylic acid groups (broad SMARTS) is 1. The minimum atomic E-state index is -0.959. The zero-order valence-electron chi connectivity index (χ0n) is 11.4. The zero-order valence-corrected chi connectivity index (χ0v) is 11.4. The Kier molecular flexibility index (Phi) is 3.58. The maximum Gasteiger partial charge on any atom is 0.336 e. The molecule has 5 heteroatoms. The third-order valence-electron chi connectivity index (χ3n) is 3.76. The molecule has 0 radical (unpaired) electrons. The number of aromatic nitrogens is 1. The number of nitrogens with zero attached hydrogens (tertiary/aromatic N) is 2. The van der Waals surface area contributed by atoms with Crippen LogP contribution in [0.4, 0.5) is 5.69 Å². The molecule has 0 aliphatic carbocycles. The number of carbonyl (C=O) groups is 1. The van der Waals surface area contributed by atoms with Gasteiger partial charge in [0.1, 0.15) is 0 Å². The van der Waals surface area contributed by atoms with Crippen LogP contribution in [0.1, 0.15) is 16.8 Å². The second-order valence-corrected chi connectivity index (χ2v) is 5.16. The normalized spacial score (nSPS) is 18.0. The summed E-state index contributed by atoms with van der Waals surface area (Å²) >= 11 is 0. The van der Waals surface area contributed by atoms with Crippen molar-refractivity contribution in [1.29, 1.82) is 0 Å². The lowest BCUT2D eigenvalue weighted by atomic mass is 10.0. The SMILES string of the molecule is O=C(O)c1ccncc1-c1ccc(N2CCC(O)C2)cc1. The minimum Gasteiger partial charge on any atom is -0.478 e. The van der Waals surface area contributed by atoms with Crippen LogP contribution in [0, 0.1) is 0 Å². The number of pyridine rings is 1. The molecule has 108 valence electrons. The highest BCUT2D eigenvalue weighted by Gasteiger charge is 2.20. The van der Waals surface area contributed by atoms with Crippen LogP contribution in [0.5, 0.6) is 0 Å². The van der Waals surface area contributed by atoms with Crippen LogP contribution in [0.2, 0.25) is 0 Å². The largest absolute Gasteiger partial charge is 0.478 e. The highest BCUT2D eigenvalue weighted by atomic mass is 16.4. The number of hydrogen-bond acceptors (Lipinski definition) is 4. The molecule has 5 nitrogen and oxygen atoms in total. The molecule has 1 fully saturated rings. The van der Waals surface area contributed by atoms with Gasteiger partial charge in [0.15, 0.2) is 0 Å². The molecule has 0 bridgehead atoms. The van der Waals surface area contributed by atoms with Crippen LogP contribution in [0.15, 0.2) is 42.7 Å². The van der Waals surface area contributed by atoms with Crippen molar-refractivity contribution in [2.75, 3.05) is 18.0 Å². The molecule has 1 unspecified atom stereocenters. The van der Waals surface area contributed by atoms with Crippen molar-refractivity contribution >= 4 is 11.7 Å². The average molecular weight is 284 g/mol. The fraction of sp³-hybridized carbons (Fsp3) is 0.250. The molecule has 1 aliphatic heterocycles. The van der Waals surface area contributed by atoms with Crippen LogP contribution < -0.4 is 4.90 Å². The van der Waals surface area contributed by atoms with Crippen molar-refractivity contribution in [1.82, 2.24) is 4.98 Å². The molecule has 2 aromatic rings. The molecule has 0 saturated carbocycles. The molecule has 0 spiro atoms. The molecule has 0 amide bonds. The Labute approximate surface area is 122 Å². The summed E-state index contributed by atoms with van der Waals surface area (Å²) in [4.78, 5) is 17.4. The van der Waals surface area contributed by atoms with E-state index in [1.165, 1.54) is 12.3 Å². The van der Waals surface area contributed by atoms with Crippen molar-refractivity contribution in [3.63, 3.8) is 0 Å².